The van der Waals surface area contributed by atoms with E-state index in [4.69, 9.17) is 28.6 Å². The highest BCUT2D eigenvalue weighted by Crippen LogP contribution is 2.24. The molecule has 3 aromatic carbocycles. The van der Waals surface area contributed by atoms with Gasteiger partial charge in [-0.1, -0.05) is 66.2 Å². The number of aryl methyl sites for hydroxylation is 1. The summed E-state index contributed by atoms with van der Waals surface area (Å²) in [5, 5.41) is 6.62. The standard InChI is InChI=1S/C24H23ClN2O2S/c25-20-14-12-19(13-15-20)17-23(28)27-24(30)26-21-10-4-5-11-22(21)29-16-6-9-18-7-2-1-3-8-18/h1-5,7-8,10-15H,6,9,16-17H2,(H2,26,27,28,30). The number of amides is 1. The number of halogens is 1. The number of thiocarbonyl (C=S) groups is 1. The molecule has 6 heteroatoms. The fourth-order valence-electron chi connectivity index (χ4n) is 2.91. The fourth-order valence-corrected chi connectivity index (χ4v) is 3.26. The Morgan fingerprint density at radius 3 is 2.37 bits per heavy atom. The molecule has 0 saturated heterocycles. The maximum Gasteiger partial charge on any atom is 0.230 e. The van der Waals surface area contributed by atoms with Crippen LogP contribution in [0, 0.1) is 0 Å². The second-order valence-electron chi connectivity index (χ2n) is 6.74. The fraction of sp³-hybridized carbons (Fsp3) is 0.167. The number of nitrogens with one attached hydrogen (secondary N) is 2. The second kappa shape index (κ2) is 11.3. The number of anilines is 1. The number of hydrogen-bond acceptors (Lipinski definition) is 3. The van der Waals surface area contributed by atoms with Crippen molar-refractivity contribution >= 4 is 40.5 Å². The van der Waals surface area contributed by atoms with Gasteiger partial charge in [0.1, 0.15) is 5.75 Å². The van der Waals surface area contributed by atoms with Gasteiger partial charge in [-0.2, -0.15) is 0 Å². The summed E-state index contributed by atoms with van der Waals surface area (Å²) in [7, 11) is 0. The monoisotopic (exact) mass is 438 g/mol. The number of rotatable bonds is 8. The summed E-state index contributed by atoms with van der Waals surface area (Å²) in [5.41, 5.74) is 2.87. The van der Waals surface area contributed by atoms with Gasteiger partial charge < -0.3 is 15.4 Å². The third-order valence-electron chi connectivity index (χ3n) is 4.38. The van der Waals surface area contributed by atoms with Gasteiger partial charge in [0, 0.05) is 5.02 Å². The van der Waals surface area contributed by atoms with E-state index in [1.807, 2.05) is 54.6 Å². The van der Waals surface area contributed by atoms with Crippen molar-refractivity contribution in [2.75, 3.05) is 11.9 Å². The molecule has 3 rings (SSSR count). The maximum absolute atomic E-state index is 12.2. The predicted molar refractivity (Wildman–Crippen MR) is 126 cm³/mol. The topological polar surface area (TPSA) is 50.4 Å². The SMILES string of the molecule is O=C(Cc1ccc(Cl)cc1)NC(=S)Nc1ccccc1OCCCc1ccccc1. The maximum atomic E-state index is 12.2. The average molecular weight is 439 g/mol. The molecule has 0 saturated carbocycles. The molecule has 154 valence electrons. The zero-order chi connectivity index (χ0) is 21.2. The predicted octanol–water partition coefficient (Wildman–Crippen LogP) is 5.41. The van der Waals surface area contributed by atoms with Gasteiger partial charge in [0.15, 0.2) is 5.11 Å². The van der Waals surface area contributed by atoms with Crippen LogP contribution in [0.15, 0.2) is 78.9 Å². The number of benzene rings is 3. The van der Waals surface area contributed by atoms with Crippen molar-refractivity contribution in [2.24, 2.45) is 0 Å². The zero-order valence-corrected chi connectivity index (χ0v) is 18.0. The Kier molecular flexibility index (Phi) is 8.24. The van der Waals surface area contributed by atoms with E-state index in [0.29, 0.717) is 23.1 Å². The molecule has 0 aliphatic carbocycles. The van der Waals surface area contributed by atoms with Gasteiger partial charge in [-0.3, -0.25) is 4.79 Å². The first kappa shape index (κ1) is 21.8. The summed E-state index contributed by atoms with van der Waals surface area (Å²) in [5.74, 6) is 0.496. The molecule has 1 amide bonds. The molecular formula is C24H23ClN2O2S. The molecule has 0 heterocycles. The van der Waals surface area contributed by atoms with Crippen LogP contribution in [0.1, 0.15) is 17.5 Å². The van der Waals surface area contributed by atoms with Crippen molar-refractivity contribution in [3.63, 3.8) is 0 Å². The van der Waals surface area contributed by atoms with Gasteiger partial charge in [0.25, 0.3) is 0 Å². The first-order chi connectivity index (χ1) is 14.6. The van der Waals surface area contributed by atoms with Crippen molar-refractivity contribution in [2.45, 2.75) is 19.3 Å². The lowest BCUT2D eigenvalue weighted by Crippen LogP contribution is -2.35. The minimum absolute atomic E-state index is 0.198. The van der Waals surface area contributed by atoms with Gasteiger partial charge in [0.2, 0.25) is 5.91 Å². The first-order valence-electron chi connectivity index (χ1n) is 9.71. The van der Waals surface area contributed by atoms with E-state index >= 15 is 0 Å². The van der Waals surface area contributed by atoms with Gasteiger partial charge in [-0.15, -0.1) is 0 Å². The van der Waals surface area contributed by atoms with Crippen LogP contribution in [0.5, 0.6) is 5.75 Å². The van der Waals surface area contributed by atoms with Gasteiger partial charge in [-0.25, -0.2) is 0 Å². The molecule has 0 fully saturated rings. The molecule has 3 aromatic rings. The zero-order valence-electron chi connectivity index (χ0n) is 16.4. The van der Waals surface area contributed by atoms with Crippen molar-refractivity contribution in [1.82, 2.24) is 5.32 Å². The van der Waals surface area contributed by atoms with Gasteiger partial charge in [-0.05, 0) is 60.5 Å². The highest BCUT2D eigenvalue weighted by atomic mass is 35.5. The van der Waals surface area contributed by atoms with Crippen LogP contribution in [0.3, 0.4) is 0 Å². The van der Waals surface area contributed by atoms with Crippen LogP contribution in [0.25, 0.3) is 0 Å². The average Bonchev–Trinajstić information content (AvgIpc) is 2.74. The van der Waals surface area contributed by atoms with E-state index in [1.54, 1.807) is 12.1 Å². The molecule has 0 aliphatic rings. The van der Waals surface area contributed by atoms with Crippen molar-refractivity contribution < 1.29 is 9.53 Å². The summed E-state index contributed by atoms with van der Waals surface area (Å²) in [6, 6.07) is 25.0. The number of carbonyl (C=O) groups excluding carboxylic acids is 1. The highest BCUT2D eigenvalue weighted by Gasteiger charge is 2.09. The Morgan fingerprint density at radius 2 is 1.60 bits per heavy atom. The molecule has 30 heavy (non-hydrogen) atoms. The lowest BCUT2D eigenvalue weighted by molar-refractivity contribution is -0.119. The van der Waals surface area contributed by atoms with Crippen LogP contribution in [-0.2, 0) is 17.6 Å². The highest BCUT2D eigenvalue weighted by molar-refractivity contribution is 7.80. The van der Waals surface area contributed by atoms with E-state index in [1.165, 1.54) is 5.56 Å². The molecule has 0 spiro atoms. The number of hydrogen-bond donors (Lipinski definition) is 2. The van der Waals surface area contributed by atoms with Crippen LogP contribution in [-0.4, -0.2) is 17.6 Å². The van der Waals surface area contributed by atoms with E-state index < -0.39 is 0 Å². The van der Waals surface area contributed by atoms with Gasteiger partial charge in [0.05, 0.1) is 18.7 Å². The molecule has 0 bridgehead atoms. The van der Waals surface area contributed by atoms with Crippen LogP contribution in [0.2, 0.25) is 5.02 Å². The summed E-state index contributed by atoms with van der Waals surface area (Å²) >= 11 is 11.2. The normalized spacial score (nSPS) is 10.3. The van der Waals surface area contributed by atoms with Crippen LogP contribution < -0.4 is 15.4 Å². The van der Waals surface area contributed by atoms with Crippen molar-refractivity contribution in [3.05, 3.63) is 95.0 Å². The molecular weight excluding hydrogens is 416 g/mol. The Hall–Kier alpha value is -2.89. The Morgan fingerprint density at radius 1 is 0.900 bits per heavy atom. The lowest BCUT2D eigenvalue weighted by atomic mass is 10.1. The third-order valence-corrected chi connectivity index (χ3v) is 4.83. The van der Waals surface area contributed by atoms with Crippen LogP contribution in [0.4, 0.5) is 5.69 Å². The van der Waals surface area contributed by atoms with E-state index in [9.17, 15) is 4.79 Å². The summed E-state index contributed by atoms with van der Waals surface area (Å²) < 4.78 is 5.92. The molecule has 0 radical (unpaired) electrons. The van der Waals surface area contributed by atoms with E-state index in [-0.39, 0.29) is 17.4 Å². The van der Waals surface area contributed by atoms with E-state index in [2.05, 4.69) is 22.8 Å². The Balaban J connectivity index is 1.47. The molecule has 0 atom stereocenters. The quantitative estimate of drug-likeness (QED) is 0.365. The minimum Gasteiger partial charge on any atom is -0.491 e. The lowest BCUT2D eigenvalue weighted by Gasteiger charge is -2.14. The van der Waals surface area contributed by atoms with E-state index in [0.717, 1.165) is 18.4 Å². The largest absolute Gasteiger partial charge is 0.491 e. The molecule has 0 aromatic heterocycles. The first-order valence-corrected chi connectivity index (χ1v) is 10.5. The molecule has 2 N–H and O–H groups in total. The molecule has 4 nitrogen and oxygen atoms in total. The van der Waals surface area contributed by atoms with Crippen molar-refractivity contribution in [1.29, 1.82) is 0 Å². The number of ether oxygens (including phenoxy) is 1. The van der Waals surface area contributed by atoms with Crippen LogP contribution >= 0.6 is 23.8 Å². The summed E-state index contributed by atoms with van der Waals surface area (Å²) in [6.45, 7) is 0.587. The molecule has 0 aliphatic heterocycles. The second-order valence-corrected chi connectivity index (χ2v) is 7.58. The summed E-state index contributed by atoms with van der Waals surface area (Å²) in [4.78, 5) is 12.2. The third kappa shape index (κ3) is 7.17. The Bertz CT molecular complexity index is 978. The number of carbonyl (C=O) groups is 1. The molecule has 0 unspecified atom stereocenters. The van der Waals surface area contributed by atoms with Gasteiger partial charge >= 0.3 is 0 Å². The summed E-state index contributed by atoms with van der Waals surface area (Å²) in [6.07, 6.45) is 2.08. The van der Waals surface area contributed by atoms with Crippen molar-refractivity contribution in [3.8, 4) is 5.75 Å². The Labute approximate surface area is 187 Å². The number of para-hydroxylation sites is 2. The minimum atomic E-state index is -0.198. The smallest absolute Gasteiger partial charge is 0.230 e.